The van der Waals surface area contributed by atoms with E-state index in [1.807, 2.05) is 6.92 Å². The summed E-state index contributed by atoms with van der Waals surface area (Å²) in [5.74, 6) is -0.229. The number of nitrogens with one attached hydrogen (secondary N) is 1. The lowest BCUT2D eigenvalue weighted by atomic mass is 9.97. The number of unbranched alkanes of at least 4 members (excludes halogenated alkanes) is 30. The molecule has 2 aliphatic rings. The average molecular weight is 948 g/mol. The van der Waals surface area contributed by atoms with Gasteiger partial charge >= 0.3 is 0 Å². The second kappa shape index (κ2) is 39.7. The van der Waals surface area contributed by atoms with Crippen molar-refractivity contribution in [2.45, 2.75) is 306 Å². The fourth-order valence-electron chi connectivity index (χ4n) is 9.36. The summed E-state index contributed by atoms with van der Waals surface area (Å²) in [7, 11) is 0. The largest absolute Gasteiger partial charge is 0.394 e. The topological polar surface area (TPSA) is 228 Å². The summed E-state index contributed by atoms with van der Waals surface area (Å²) in [5, 5.41) is 86.3. The SMILES string of the molecule is CCCCCCCCCCCCCCCCCCCCCCCCCCCCCCCC(O)C(COC1OC(CO)C(OC2OC(CO)C(O)C(O)C2O)C(O)C1O)NC(=O)CCCCC. The molecule has 66 heavy (non-hydrogen) atoms. The predicted octanol–water partition coefficient (Wildman–Crippen LogP) is 7.78. The molecule has 14 heteroatoms. The molecule has 0 aromatic carbocycles. The number of carbonyl (C=O) groups is 1. The minimum atomic E-state index is -1.78. The molecule has 1 amide bonds. The van der Waals surface area contributed by atoms with Crippen LogP contribution in [0.2, 0.25) is 0 Å². The van der Waals surface area contributed by atoms with Crippen LogP contribution in [0.3, 0.4) is 0 Å². The third-order valence-electron chi connectivity index (χ3n) is 13.8. The van der Waals surface area contributed by atoms with Gasteiger partial charge in [-0.3, -0.25) is 4.79 Å². The normalized spacial score (nSPS) is 26.7. The Labute approximate surface area is 400 Å². The molecule has 0 aromatic rings. The number of ether oxygens (including phenoxy) is 4. The zero-order valence-corrected chi connectivity index (χ0v) is 41.7. The molecule has 0 aliphatic carbocycles. The number of aliphatic hydroxyl groups is 8. The Morgan fingerprint density at radius 2 is 0.864 bits per heavy atom. The summed E-state index contributed by atoms with van der Waals surface area (Å²) in [6, 6.07) is -0.818. The number of carbonyl (C=O) groups excluding carboxylic acids is 1. The highest BCUT2D eigenvalue weighted by molar-refractivity contribution is 5.76. The maximum absolute atomic E-state index is 12.8. The van der Waals surface area contributed by atoms with E-state index in [1.165, 1.54) is 161 Å². The molecule has 392 valence electrons. The quantitative estimate of drug-likeness (QED) is 0.0267. The van der Waals surface area contributed by atoms with Crippen LogP contribution in [-0.4, -0.2) is 140 Å². The summed E-state index contributed by atoms with van der Waals surface area (Å²) < 4.78 is 22.6. The molecule has 12 unspecified atom stereocenters. The van der Waals surface area contributed by atoms with Gasteiger partial charge in [0, 0.05) is 6.42 Å². The molecule has 0 bridgehead atoms. The monoisotopic (exact) mass is 948 g/mol. The van der Waals surface area contributed by atoms with Gasteiger partial charge in [0.05, 0.1) is 32.0 Å². The molecule has 0 saturated carbocycles. The van der Waals surface area contributed by atoms with Gasteiger partial charge in [-0.25, -0.2) is 0 Å². The Morgan fingerprint density at radius 1 is 0.485 bits per heavy atom. The number of rotatable bonds is 43. The van der Waals surface area contributed by atoms with Crippen molar-refractivity contribution in [3.05, 3.63) is 0 Å². The van der Waals surface area contributed by atoms with Crippen LogP contribution >= 0.6 is 0 Å². The molecule has 2 heterocycles. The summed E-state index contributed by atoms with van der Waals surface area (Å²) in [6.45, 7) is 2.69. The fraction of sp³-hybridized carbons (Fsp3) is 0.981. The maximum Gasteiger partial charge on any atom is 0.220 e. The van der Waals surface area contributed by atoms with Crippen molar-refractivity contribution >= 4 is 5.91 Å². The van der Waals surface area contributed by atoms with Crippen LogP contribution in [-0.2, 0) is 23.7 Å². The molecule has 0 aromatic heterocycles. The van der Waals surface area contributed by atoms with E-state index in [2.05, 4.69) is 12.2 Å². The number of aliphatic hydroxyl groups excluding tert-OH is 8. The van der Waals surface area contributed by atoms with Crippen LogP contribution in [0, 0.1) is 0 Å². The molecule has 14 nitrogen and oxygen atoms in total. The van der Waals surface area contributed by atoms with Crippen molar-refractivity contribution in [3.63, 3.8) is 0 Å². The zero-order valence-electron chi connectivity index (χ0n) is 41.7. The zero-order chi connectivity index (χ0) is 48.2. The lowest BCUT2D eigenvalue weighted by Crippen LogP contribution is -2.65. The summed E-state index contributed by atoms with van der Waals surface area (Å²) in [6.07, 6.45) is 25.3. The van der Waals surface area contributed by atoms with Crippen molar-refractivity contribution in [3.8, 4) is 0 Å². The van der Waals surface area contributed by atoms with Crippen molar-refractivity contribution in [2.75, 3.05) is 19.8 Å². The van der Waals surface area contributed by atoms with E-state index in [0.29, 0.717) is 19.3 Å². The predicted molar refractivity (Wildman–Crippen MR) is 259 cm³/mol. The second-order valence-electron chi connectivity index (χ2n) is 19.7. The van der Waals surface area contributed by atoms with Crippen LogP contribution in [0.15, 0.2) is 0 Å². The van der Waals surface area contributed by atoms with Gasteiger partial charge in [-0.1, -0.05) is 213 Å². The lowest BCUT2D eigenvalue weighted by molar-refractivity contribution is -0.359. The van der Waals surface area contributed by atoms with Gasteiger partial charge in [0.1, 0.15) is 48.8 Å². The Morgan fingerprint density at radius 3 is 1.29 bits per heavy atom. The van der Waals surface area contributed by atoms with Gasteiger partial charge in [-0.2, -0.15) is 0 Å². The number of hydrogen-bond donors (Lipinski definition) is 9. The van der Waals surface area contributed by atoms with Crippen molar-refractivity contribution in [1.29, 1.82) is 0 Å². The highest BCUT2D eigenvalue weighted by Gasteiger charge is 2.51. The molecule has 2 rings (SSSR count). The average Bonchev–Trinajstić information content (AvgIpc) is 3.31. The highest BCUT2D eigenvalue weighted by atomic mass is 16.7. The van der Waals surface area contributed by atoms with E-state index in [4.69, 9.17) is 18.9 Å². The molecular weight excluding hydrogens is 847 g/mol. The first-order chi connectivity index (χ1) is 32.1. The first-order valence-electron chi connectivity index (χ1n) is 27.3. The first-order valence-corrected chi connectivity index (χ1v) is 27.3. The third kappa shape index (κ3) is 26.3. The molecule has 2 fully saturated rings. The van der Waals surface area contributed by atoms with Crippen LogP contribution < -0.4 is 5.32 Å². The standard InChI is InChI=1S/C52H101NO13/c1-3-5-7-8-9-10-11-12-13-14-15-16-17-18-19-20-21-22-23-24-25-26-27-28-29-30-31-32-34-35-41(56)40(53-44(57)36-33-6-4-2)39-63-51-49(62)47(60)50(43(38-55)65-51)66-52-48(61)46(59)45(58)42(37-54)64-52/h40-43,45-52,54-56,58-62H,3-39H2,1-2H3,(H,53,57). The van der Waals surface area contributed by atoms with E-state index < -0.39 is 86.8 Å². The number of amides is 1. The molecule has 0 spiro atoms. The molecular formula is C52H101NO13. The van der Waals surface area contributed by atoms with E-state index in [1.54, 1.807) is 0 Å². The van der Waals surface area contributed by atoms with Gasteiger partial charge in [0.15, 0.2) is 12.6 Å². The van der Waals surface area contributed by atoms with E-state index >= 15 is 0 Å². The molecule has 2 aliphatic heterocycles. The van der Waals surface area contributed by atoms with Crippen molar-refractivity contribution in [2.24, 2.45) is 0 Å². The molecule has 9 N–H and O–H groups in total. The van der Waals surface area contributed by atoms with Gasteiger partial charge in [-0.05, 0) is 12.8 Å². The van der Waals surface area contributed by atoms with Crippen molar-refractivity contribution in [1.82, 2.24) is 5.32 Å². The Bertz CT molecular complexity index is 1120. The van der Waals surface area contributed by atoms with Crippen molar-refractivity contribution < 1.29 is 64.6 Å². The maximum atomic E-state index is 12.8. The summed E-state index contributed by atoms with van der Waals surface area (Å²) in [4.78, 5) is 12.8. The summed E-state index contributed by atoms with van der Waals surface area (Å²) >= 11 is 0. The fourth-order valence-corrected chi connectivity index (χ4v) is 9.36. The lowest BCUT2D eigenvalue weighted by Gasteiger charge is -2.46. The van der Waals surface area contributed by atoms with E-state index in [0.717, 1.165) is 38.5 Å². The van der Waals surface area contributed by atoms with Crippen LogP contribution in [0.25, 0.3) is 0 Å². The second-order valence-corrected chi connectivity index (χ2v) is 19.7. The van der Waals surface area contributed by atoms with Gasteiger partial charge in [0.25, 0.3) is 0 Å². The van der Waals surface area contributed by atoms with Crippen LogP contribution in [0.5, 0.6) is 0 Å². The molecule has 12 atom stereocenters. The smallest absolute Gasteiger partial charge is 0.220 e. The molecule has 0 radical (unpaired) electrons. The van der Waals surface area contributed by atoms with Crippen LogP contribution in [0.4, 0.5) is 0 Å². The highest BCUT2D eigenvalue weighted by Crippen LogP contribution is 2.30. The third-order valence-corrected chi connectivity index (χ3v) is 13.8. The molecule has 2 saturated heterocycles. The Kier molecular flexibility index (Phi) is 36.7. The number of hydrogen-bond acceptors (Lipinski definition) is 13. The van der Waals surface area contributed by atoms with Gasteiger partial charge in [0.2, 0.25) is 5.91 Å². The van der Waals surface area contributed by atoms with Gasteiger partial charge < -0.3 is 65.1 Å². The van der Waals surface area contributed by atoms with E-state index in [-0.39, 0.29) is 12.5 Å². The minimum Gasteiger partial charge on any atom is -0.394 e. The Balaban J connectivity index is 1.56. The van der Waals surface area contributed by atoms with Gasteiger partial charge in [-0.15, -0.1) is 0 Å². The first kappa shape index (κ1) is 61.1. The van der Waals surface area contributed by atoms with E-state index in [9.17, 15) is 45.6 Å². The minimum absolute atomic E-state index is 0.229. The van der Waals surface area contributed by atoms with Crippen LogP contribution in [0.1, 0.15) is 232 Å². The Hall–Kier alpha value is -1.01. The summed E-state index contributed by atoms with van der Waals surface area (Å²) in [5.41, 5.74) is 0.